The van der Waals surface area contributed by atoms with Crippen LogP contribution in [0.1, 0.15) is 13.3 Å². The smallest absolute Gasteiger partial charge is 0.239 e. The third-order valence-electron chi connectivity index (χ3n) is 3.70. The molecule has 2 rings (SSSR count). The summed E-state index contributed by atoms with van der Waals surface area (Å²) in [5.41, 5.74) is 0. The van der Waals surface area contributed by atoms with E-state index in [4.69, 9.17) is 4.74 Å². The molecule has 1 heterocycles. The zero-order valence-corrected chi connectivity index (χ0v) is 11.9. The number of amides is 1. The molecule has 2 unspecified atom stereocenters. The summed E-state index contributed by atoms with van der Waals surface area (Å²) in [4.78, 5) is 13.8. The highest BCUT2D eigenvalue weighted by Gasteiger charge is 2.31. The van der Waals surface area contributed by atoms with E-state index in [9.17, 15) is 9.18 Å². The molecule has 1 aromatic rings. The van der Waals surface area contributed by atoms with Gasteiger partial charge in [0.05, 0.1) is 12.6 Å². The van der Waals surface area contributed by atoms with Crippen LogP contribution in [0.25, 0.3) is 0 Å². The molecular formula is C15H21FN2O2. The van der Waals surface area contributed by atoms with Crippen LogP contribution < -0.4 is 10.1 Å². The van der Waals surface area contributed by atoms with Gasteiger partial charge in [-0.3, -0.25) is 4.79 Å². The Balaban J connectivity index is 1.79. The largest absolute Gasteiger partial charge is 0.489 e. The molecule has 1 aliphatic rings. The first-order chi connectivity index (χ1) is 9.59. The number of ether oxygens (including phenoxy) is 1. The van der Waals surface area contributed by atoms with Crippen LogP contribution in [0.2, 0.25) is 0 Å². The molecule has 2 atom stereocenters. The fraction of sp³-hybridized carbons (Fsp3) is 0.533. The molecule has 1 amide bonds. The predicted octanol–water partition coefficient (Wildman–Crippen LogP) is 1.66. The second-order valence-electron chi connectivity index (χ2n) is 5.24. The van der Waals surface area contributed by atoms with Crippen LogP contribution in [0.4, 0.5) is 4.39 Å². The summed E-state index contributed by atoms with van der Waals surface area (Å²) >= 11 is 0. The van der Waals surface area contributed by atoms with E-state index in [0.29, 0.717) is 12.5 Å². The highest BCUT2D eigenvalue weighted by atomic mass is 19.1. The summed E-state index contributed by atoms with van der Waals surface area (Å²) in [6.45, 7) is 3.69. The van der Waals surface area contributed by atoms with E-state index in [1.54, 1.807) is 30.1 Å². The second kappa shape index (κ2) is 6.70. The van der Waals surface area contributed by atoms with E-state index < -0.39 is 0 Å². The Labute approximate surface area is 118 Å². The minimum Gasteiger partial charge on any atom is -0.489 e. The van der Waals surface area contributed by atoms with Crippen LogP contribution in [0.3, 0.4) is 0 Å². The number of halogens is 1. The van der Waals surface area contributed by atoms with Crippen LogP contribution in [0.15, 0.2) is 24.3 Å². The quantitative estimate of drug-likeness (QED) is 0.892. The molecule has 4 nitrogen and oxygen atoms in total. The number of nitrogens with one attached hydrogen (secondary N) is 1. The van der Waals surface area contributed by atoms with Crippen molar-refractivity contribution >= 4 is 5.91 Å². The summed E-state index contributed by atoms with van der Waals surface area (Å²) in [5.74, 6) is 0.276. The van der Waals surface area contributed by atoms with Crippen molar-refractivity contribution in [2.45, 2.75) is 19.4 Å². The van der Waals surface area contributed by atoms with E-state index in [0.717, 1.165) is 13.0 Å². The average molecular weight is 280 g/mol. The molecule has 5 heteroatoms. The number of para-hydroxylation sites is 1. The summed E-state index contributed by atoms with van der Waals surface area (Å²) in [7, 11) is 1.75. The Morgan fingerprint density at radius 2 is 2.25 bits per heavy atom. The molecule has 0 aliphatic carbocycles. The second-order valence-corrected chi connectivity index (χ2v) is 5.24. The number of hydrogen-bond donors (Lipinski definition) is 1. The molecule has 0 radical (unpaired) electrons. The molecule has 20 heavy (non-hydrogen) atoms. The Hall–Kier alpha value is -1.62. The van der Waals surface area contributed by atoms with E-state index in [1.807, 2.05) is 0 Å². The van der Waals surface area contributed by atoms with E-state index >= 15 is 0 Å². The lowest BCUT2D eigenvalue weighted by molar-refractivity contribution is -0.132. The van der Waals surface area contributed by atoms with Gasteiger partial charge >= 0.3 is 0 Å². The lowest BCUT2D eigenvalue weighted by atomic mass is 10.0. The van der Waals surface area contributed by atoms with Crippen LogP contribution in [0, 0.1) is 11.7 Å². The standard InChI is InChI=1S/C15H21FN2O2/c1-11-7-8-17-14(11)15(19)18(2)9-10-20-13-6-4-3-5-12(13)16/h3-6,11,14,17H,7-10H2,1-2H3. The fourth-order valence-corrected chi connectivity index (χ4v) is 2.37. The number of rotatable bonds is 5. The van der Waals surface area contributed by atoms with Crippen LogP contribution in [-0.2, 0) is 4.79 Å². The van der Waals surface area contributed by atoms with Crippen molar-refractivity contribution < 1.29 is 13.9 Å². The van der Waals surface area contributed by atoms with Crippen molar-refractivity contribution in [3.8, 4) is 5.75 Å². The van der Waals surface area contributed by atoms with Gasteiger partial charge in [-0.05, 0) is 31.0 Å². The molecule has 0 spiro atoms. The van der Waals surface area contributed by atoms with Crippen molar-refractivity contribution in [3.63, 3.8) is 0 Å². The minimum atomic E-state index is -0.382. The lowest BCUT2D eigenvalue weighted by Gasteiger charge is -2.23. The molecule has 0 bridgehead atoms. The molecule has 0 saturated carbocycles. The SMILES string of the molecule is CC1CCNC1C(=O)N(C)CCOc1ccccc1F. The maximum absolute atomic E-state index is 13.4. The van der Waals surface area contributed by atoms with E-state index in [1.165, 1.54) is 6.07 Å². The van der Waals surface area contributed by atoms with Gasteiger partial charge in [0.25, 0.3) is 0 Å². The molecule has 1 saturated heterocycles. The number of benzene rings is 1. The van der Waals surface area contributed by atoms with Gasteiger partial charge < -0.3 is 15.0 Å². The number of likely N-dealkylation sites (N-methyl/N-ethyl adjacent to an activating group) is 1. The molecule has 1 N–H and O–H groups in total. The Morgan fingerprint density at radius 1 is 1.50 bits per heavy atom. The van der Waals surface area contributed by atoms with Crippen LogP contribution >= 0.6 is 0 Å². The van der Waals surface area contributed by atoms with Gasteiger partial charge in [0.15, 0.2) is 11.6 Å². The Bertz CT molecular complexity index is 467. The van der Waals surface area contributed by atoms with Gasteiger partial charge in [-0.25, -0.2) is 4.39 Å². The topological polar surface area (TPSA) is 41.6 Å². The molecule has 0 aromatic heterocycles. The molecule has 1 aliphatic heterocycles. The first-order valence-corrected chi connectivity index (χ1v) is 6.95. The summed E-state index contributed by atoms with van der Waals surface area (Å²) in [6, 6.07) is 6.17. The summed E-state index contributed by atoms with van der Waals surface area (Å²) in [5, 5.41) is 3.21. The van der Waals surface area contributed by atoms with Gasteiger partial charge in [-0.1, -0.05) is 19.1 Å². The molecule has 110 valence electrons. The van der Waals surface area contributed by atoms with E-state index in [2.05, 4.69) is 12.2 Å². The predicted molar refractivity (Wildman–Crippen MR) is 75.1 cm³/mol. The average Bonchev–Trinajstić information content (AvgIpc) is 2.86. The molecular weight excluding hydrogens is 259 g/mol. The number of carbonyl (C=O) groups excluding carboxylic acids is 1. The molecule has 1 aromatic carbocycles. The third-order valence-corrected chi connectivity index (χ3v) is 3.70. The zero-order valence-electron chi connectivity index (χ0n) is 11.9. The monoisotopic (exact) mass is 280 g/mol. The van der Waals surface area contributed by atoms with Crippen LogP contribution in [-0.4, -0.2) is 43.6 Å². The highest BCUT2D eigenvalue weighted by Crippen LogP contribution is 2.17. The first-order valence-electron chi connectivity index (χ1n) is 6.95. The fourth-order valence-electron chi connectivity index (χ4n) is 2.37. The summed E-state index contributed by atoms with van der Waals surface area (Å²) < 4.78 is 18.7. The van der Waals surface area contributed by atoms with Crippen molar-refractivity contribution in [2.24, 2.45) is 5.92 Å². The number of carbonyl (C=O) groups is 1. The van der Waals surface area contributed by atoms with Crippen molar-refractivity contribution in [3.05, 3.63) is 30.1 Å². The van der Waals surface area contributed by atoms with Gasteiger partial charge in [-0.15, -0.1) is 0 Å². The van der Waals surface area contributed by atoms with Gasteiger partial charge in [0.2, 0.25) is 5.91 Å². The Kier molecular flexibility index (Phi) is 4.95. The highest BCUT2D eigenvalue weighted by molar-refractivity contribution is 5.82. The maximum atomic E-state index is 13.4. The summed E-state index contributed by atoms with van der Waals surface area (Å²) in [6.07, 6.45) is 1.02. The van der Waals surface area contributed by atoms with Crippen molar-refractivity contribution in [1.82, 2.24) is 10.2 Å². The first kappa shape index (κ1) is 14.8. The van der Waals surface area contributed by atoms with Gasteiger partial charge in [0, 0.05) is 7.05 Å². The van der Waals surface area contributed by atoms with E-state index in [-0.39, 0.29) is 30.1 Å². The minimum absolute atomic E-state index is 0.0760. The zero-order chi connectivity index (χ0) is 14.5. The third kappa shape index (κ3) is 3.48. The van der Waals surface area contributed by atoms with Crippen LogP contribution in [0.5, 0.6) is 5.75 Å². The normalized spacial score (nSPS) is 21.8. The number of nitrogens with zero attached hydrogens (tertiary/aromatic N) is 1. The van der Waals surface area contributed by atoms with Crippen molar-refractivity contribution in [1.29, 1.82) is 0 Å². The lowest BCUT2D eigenvalue weighted by Crippen LogP contribution is -2.45. The van der Waals surface area contributed by atoms with Crippen molar-refractivity contribution in [2.75, 3.05) is 26.7 Å². The Morgan fingerprint density at radius 3 is 2.90 bits per heavy atom. The number of hydrogen-bond acceptors (Lipinski definition) is 3. The van der Waals surface area contributed by atoms with Gasteiger partial charge in [-0.2, -0.15) is 0 Å². The molecule has 1 fully saturated rings. The van der Waals surface area contributed by atoms with Gasteiger partial charge in [0.1, 0.15) is 6.61 Å². The maximum Gasteiger partial charge on any atom is 0.239 e.